The lowest BCUT2D eigenvalue weighted by Crippen LogP contribution is -2.46. The highest BCUT2D eigenvalue weighted by Crippen LogP contribution is 2.38. The molecule has 0 aromatic rings. The molecule has 0 aliphatic rings. The lowest BCUT2D eigenvalue weighted by molar-refractivity contribution is -0.870. The largest absolute Gasteiger partial charge is 0.756 e. The zero-order chi connectivity index (χ0) is 52.7. The quantitative estimate of drug-likeness (QED) is 0.0272. The molecule has 72 heavy (non-hydrogen) atoms. The Hall–Kier alpha value is -1.28. The van der Waals surface area contributed by atoms with Gasteiger partial charge in [-0.1, -0.05) is 288 Å². The predicted octanol–water partition coefficient (Wildman–Crippen LogP) is 18.7. The fourth-order valence-corrected chi connectivity index (χ4v) is 10.2. The van der Waals surface area contributed by atoms with Gasteiger partial charge in [0.1, 0.15) is 13.2 Å². The Morgan fingerprint density at radius 3 is 1.17 bits per heavy atom. The minimum absolute atomic E-state index is 0.0131. The van der Waals surface area contributed by atoms with Crippen LogP contribution in [-0.4, -0.2) is 68.5 Å². The summed E-state index contributed by atoms with van der Waals surface area (Å²) in [6.45, 7) is 4.75. The van der Waals surface area contributed by atoms with E-state index in [0.717, 1.165) is 51.4 Å². The predicted molar refractivity (Wildman–Crippen MR) is 311 cm³/mol. The number of phosphoric ester groups is 1. The summed E-state index contributed by atoms with van der Waals surface area (Å²) in [5.74, 6) is -0.161. The van der Waals surface area contributed by atoms with Crippen LogP contribution in [0.25, 0.3) is 0 Å². The molecule has 0 aliphatic heterocycles. The maximum atomic E-state index is 13.0. The molecule has 0 spiro atoms. The Balaban J connectivity index is 4.09. The van der Waals surface area contributed by atoms with E-state index in [4.69, 9.17) is 9.05 Å². The van der Waals surface area contributed by atoms with E-state index in [2.05, 4.69) is 55.6 Å². The van der Waals surface area contributed by atoms with Crippen LogP contribution >= 0.6 is 7.82 Å². The maximum Gasteiger partial charge on any atom is 0.268 e. The van der Waals surface area contributed by atoms with Gasteiger partial charge in [0, 0.05) is 6.42 Å². The number of likely N-dealkylation sites (N-methyl/N-ethyl adjacent to an activating group) is 1. The highest BCUT2D eigenvalue weighted by molar-refractivity contribution is 7.45. The van der Waals surface area contributed by atoms with Gasteiger partial charge in [0.2, 0.25) is 5.91 Å². The Kier molecular flexibility index (Phi) is 53.5. The summed E-state index contributed by atoms with van der Waals surface area (Å²) in [5.41, 5.74) is 0. The number of hydrogen-bond acceptors (Lipinski definition) is 6. The number of carbonyl (C=O) groups excluding carboxylic acids is 1. The fraction of sp³-hybridized carbons (Fsp3) is 0.889. The first-order valence-electron chi connectivity index (χ1n) is 31.3. The number of nitrogens with zero attached hydrogens (tertiary/aromatic N) is 1. The molecule has 426 valence electrons. The molecule has 8 nitrogen and oxygen atoms in total. The standard InChI is InChI=1S/C63H123N2O6P/c1-6-8-10-12-14-16-18-20-22-24-26-28-29-30-31-32-33-34-35-37-39-41-43-45-47-49-51-53-55-57-63(67)64-61(60-71-72(68,69)70-59-58-65(3,4)5)62(66)56-54-52-50-48-46-44-42-40-38-36-27-25-23-21-19-17-15-13-11-9-7-2/h18,20,24,26,29-30,61-62,66H,6-17,19,21-23,25,27-28,31-60H2,1-5H3,(H-,64,67,68,69)/b20-18-,26-24-,30-29-. The zero-order valence-electron chi connectivity index (χ0n) is 48.6. The maximum absolute atomic E-state index is 13.0. The van der Waals surface area contributed by atoms with E-state index in [9.17, 15) is 19.4 Å². The number of quaternary nitrogens is 1. The summed E-state index contributed by atoms with van der Waals surface area (Å²) in [4.78, 5) is 25.6. The van der Waals surface area contributed by atoms with Crippen LogP contribution in [0.4, 0.5) is 0 Å². The van der Waals surface area contributed by atoms with Crippen LogP contribution in [0.3, 0.4) is 0 Å². The summed E-state index contributed by atoms with van der Waals surface area (Å²) in [7, 11) is 1.32. The average Bonchev–Trinajstić information content (AvgIpc) is 3.34. The molecule has 0 saturated carbocycles. The Morgan fingerprint density at radius 2 is 0.806 bits per heavy atom. The highest BCUT2D eigenvalue weighted by atomic mass is 31.2. The first-order chi connectivity index (χ1) is 35.0. The summed E-state index contributed by atoms with van der Waals surface area (Å²) < 4.78 is 23.5. The van der Waals surface area contributed by atoms with Gasteiger partial charge in [-0.3, -0.25) is 9.36 Å². The molecule has 0 aromatic heterocycles. The van der Waals surface area contributed by atoms with Crippen molar-refractivity contribution >= 4 is 13.7 Å². The van der Waals surface area contributed by atoms with E-state index in [0.29, 0.717) is 23.9 Å². The number of nitrogens with one attached hydrogen (secondary N) is 1. The molecule has 1 amide bonds. The number of allylic oxidation sites excluding steroid dienone is 6. The summed E-state index contributed by atoms with van der Waals surface area (Å²) in [6.07, 6.45) is 70.4. The van der Waals surface area contributed by atoms with Gasteiger partial charge in [0.15, 0.2) is 0 Å². The molecule has 0 rings (SSSR count). The van der Waals surface area contributed by atoms with Gasteiger partial charge in [-0.2, -0.15) is 0 Å². The van der Waals surface area contributed by atoms with Crippen LogP contribution in [0, 0.1) is 0 Å². The molecular weight excluding hydrogens is 912 g/mol. The van der Waals surface area contributed by atoms with Crippen molar-refractivity contribution in [1.82, 2.24) is 5.32 Å². The lowest BCUT2D eigenvalue weighted by atomic mass is 10.0. The topological polar surface area (TPSA) is 108 Å². The van der Waals surface area contributed by atoms with Crippen LogP contribution in [0.1, 0.15) is 309 Å². The van der Waals surface area contributed by atoms with Gasteiger partial charge < -0.3 is 28.8 Å². The van der Waals surface area contributed by atoms with Crippen LogP contribution < -0.4 is 10.2 Å². The molecule has 3 atom stereocenters. The molecule has 0 saturated heterocycles. The average molecular weight is 1040 g/mol. The van der Waals surface area contributed by atoms with Gasteiger partial charge in [0.05, 0.1) is 39.9 Å². The molecule has 0 radical (unpaired) electrons. The van der Waals surface area contributed by atoms with Gasteiger partial charge in [-0.25, -0.2) is 0 Å². The van der Waals surface area contributed by atoms with Crippen LogP contribution in [0.2, 0.25) is 0 Å². The second kappa shape index (κ2) is 54.5. The molecule has 0 heterocycles. The number of carbonyl (C=O) groups is 1. The van der Waals surface area contributed by atoms with Crippen molar-refractivity contribution in [2.75, 3.05) is 40.9 Å². The van der Waals surface area contributed by atoms with E-state index in [1.54, 1.807) is 0 Å². The second-order valence-electron chi connectivity index (χ2n) is 22.8. The molecule has 0 fully saturated rings. The van der Waals surface area contributed by atoms with Gasteiger partial charge in [0.25, 0.3) is 7.82 Å². The number of rotatable bonds is 58. The normalized spacial score (nSPS) is 14.0. The van der Waals surface area contributed by atoms with Gasteiger partial charge in [-0.05, 0) is 51.4 Å². The number of aliphatic hydroxyl groups excluding tert-OH is 1. The highest BCUT2D eigenvalue weighted by Gasteiger charge is 2.24. The molecule has 0 aromatic carbocycles. The molecule has 9 heteroatoms. The summed E-state index contributed by atoms with van der Waals surface area (Å²) in [6, 6.07) is -0.801. The molecular formula is C63H123N2O6P. The summed E-state index contributed by atoms with van der Waals surface area (Å²) >= 11 is 0. The monoisotopic (exact) mass is 1030 g/mol. The van der Waals surface area contributed by atoms with Gasteiger partial charge >= 0.3 is 0 Å². The second-order valence-corrected chi connectivity index (χ2v) is 24.2. The molecule has 3 unspecified atom stereocenters. The smallest absolute Gasteiger partial charge is 0.268 e. The van der Waals surface area contributed by atoms with Crippen LogP contribution in [0.5, 0.6) is 0 Å². The van der Waals surface area contributed by atoms with E-state index < -0.39 is 20.0 Å². The third-order valence-electron chi connectivity index (χ3n) is 14.4. The van der Waals surface area contributed by atoms with Gasteiger partial charge in [-0.15, -0.1) is 0 Å². The number of unbranched alkanes of at least 4 members (excludes halogenated alkanes) is 39. The van der Waals surface area contributed by atoms with Crippen molar-refractivity contribution in [3.05, 3.63) is 36.5 Å². The third kappa shape index (κ3) is 56.4. The van der Waals surface area contributed by atoms with Crippen LogP contribution in [0.15, 0.2) is 36.5 Å². The van der Waals surface area contributed by atoms with Crippen molar-refractivity contribution in [3.63, 3.8) is 0 Å². The van der Waals surface area contributed by atoms with Crippen molar-refractivity contribution in [1.29, 1.82) is 0 Å². The Bertz CT molecular complexity index is 1270. The Morgan fingerprint density at radius 1 is 0.486 bits per heavy atom. The fourth-order valence-electron chi connectivity index (χ4n) is 9.46. The molecule has 0 bridgehead atoms. The SMILES string of the molecule is CCCCCCC/C=C\C/C=C\C/C=C\CCCCCCCCCCCCCCCCC(=O)NC(COP(=O)([O-])OCC[N+](C)(C)C)C(O)CCCCCCCCCCCCCCCCCCCCCCC. The lowest BCUT2D eigenvalue weighted by Gasteiger charge is -2.30. The molecule has 2 N–H and O–H groups in total. The Labute approximate surface area is 448 Å². The van der Waals surface area contributed by atoms with E-state index in [-0.39, 0.29) is 19.1 Å². The van der Waals surface area contributed by atoms with Crippen molar-refractivity contribution in [3.8, 4) is 0 Å². The van der Waals surface area contributed by atoms with E-state index in [1.165, 1.54) is 231 Å². The number of hydrogen-bond donors (Lipinski definition) is 2. The summed E-state index contributed by atoms with van der Waals surface area (Å²) in [5, 5.41) is 14.1. The first-order valence-corrected chi connectivity index (χ1v) is 32.8. The van der Waals surface area contributed by atoms with Crippen molar-refractivity contribution in [2.24, 2.45) is 0 Å². The van der Waals surface area contributed by atoms with Crippen molar-refractivity contribution < 1.29 is 32.9 Å². The zero-order valence-corrected chi connectivity index (χ0v) is 49.5. The van der Waals surface area contributed by atoms with Crippen molar-refractivity contribution in [2.45, 2.75) is 321 Å². The minimum atomic E-state index is -4.58. The van der Waals surface area contributed by atoms with E-state index in [1.807, 2.05) is 21.1 Å². The first kappa shape index (κ1) is 70.7. The van der Waals surface area contributed by atoms with E-state index >= 15 is 0 Å². The molecule has 0 aliphatic carbocycles. The number of aliphatic hydroxyl groups is 1. The van der Waals surface area contributed by atoms with Crippen LogP contribution in [-0.2, 0) is 18.4 Å². The number of phosphoric acid groups is 1. The number of amides is 1. The minimum Gasteiger partial charge on any atom is -0.756 e. The third-order valence-corrected chi connectivity index (χ3v) is 15.3.